The van der Waals surface area contributed by atoms with Crippen molar-refractivity contribution in [2.24, 2.45) is 5.73 Å². The van der Waals surface area contributed by atoms with E-state index in [-0.39, 0.29) is 12.6 Å². The number of hydrogen-bond donors (Lipinski definition) is 1. The Bertz CT molecular complexity index is 480. The van der Waals surface area contributed by atoms with Gasteiger partial charge in [0.15, 0.2) is 0 Å². The van der Waals surface area contributed by atoms with Crippen LogP contribution in [0.4, 0.5) is 13.2 Å². The lowest BCUT2D eigenvalue weighted by Gasteiger charge is -2.22. The second-order valence-corrected chi connectivity index (χ2v) is 5.69. The molecule has 0 radical (unpaired) electrons. The van der Waals surface area contributed by atoms with Crippen LogP contribution in [0.2, 0.25) is 0 Å². The molecule has 0 aliphatic heterocycles. The standard InChI is InChI=1S/C13H15F3N2S/c14-13(15,16)9-18(10-3-4-10)8-12-6-5-11(19-12)2-1-7-17/h5-6,10H,3-4,7-9,17H2. The van der Waals surface area contributed by atoms with Crippen molar-refractivity contribution in [3.05, 3.63) is 21.9 Å². The highest BCUT2D eigenvalue weighted by Gasteiger charge is 2.38. The van der Waals surface area contributed by atoms with Crippen LogP contribution in [-0.4, -0.2) is 30.2 Å². The van der Waals surface area contributed by atoms with Gasteiger partial charge >= 0.3 is 6.18 Å². The van der Waals surface area contributed by atoms with Gasteiger partial charge in [0.2, 0.25) is 0 Å². The van der Waals surface area contributed by atoms with E-state index in [4.69, 9.17) is 5.73 Å². The van der Waals surface area contributed by atoms with Gasteiger partial charge in [-0.2, -0.15) is 13.2 Å². The number of halogens is 3. The predicted molar refractivity (Wildman–Crippen MR) is 69.7 cm³/mol. The molecule has 2 rings (SSSR count). The fourth-order valence-electron chi connectivity index (χ4n) is 1.85. The number of nitrogens with zero attached hydrogens (tertiary/aromatic N) is 1. The van der Waals surface area contributed by atoms with Crippen molar-refractivity contribution in [1.29, 1.82) is 0 Å². The van der Waals surface area contributed by atoms with Crippen LogP contribution in [0.3, 0.4) is 0 Å². The topological polar surface area (TPSA) is 29.3 Å². The molecule has 0 saturated heterocycles. The Kier molecular flexibility index (Phi) is 4.50. The lowest BCUT2D eigenvalue weighted by molar-refractivity contribution is -0.148. The first kappa shape index (κ1) is 14.4. The van der Waals surface area contributed by atoms with Gasteiger partial charge in [0.05, 0.1) is 18.0 Å². The Balaban J connectivity index is 1.99. The maximum Gasteiger partial charge on any atom is 0.401 e. The zero-order chi connectivity index (χ0) is 13.9. The third-order valence-corrected chi connectivity index (χ3v) is 3.77. The molecule has 2 N–H and O–H groups in total. The summed E-state index contributed by atoms with van der Waals surface area (Å²) in [5.41, 5.74) is 5.28. The largest absolute Gasteiger partial charge is 0.401 e. The number of rotatable bonds is 4. The summed E-state index contributed by atoms with van der Waals surface area (Å²) in [6.45, 7) is -0.200. The summed E-state index contributed by atoms with van der Waals surface area (Å²) in [5.74, 6) is 5.63. The number of thiophene rings is 1. The molecule has 19 heavy (non-hydrogen) atoms. The van der Waals surface area contributed by atoms with Gasteiger partial charge in [-0.15, -0.1) is 11.3 Å². The van der Waals surface area contributed by atoms with Crippen LogP contribution in [-0.2, 0) is 6.54 Å². The third-order valence-electron chi connectivity index (χ3n) is 2.78. The zero-order valence-electron chi connectivity index (χ0n) is 10.3. The van der Waals surface area contributed by atoms with Crippen molar-refractivity contribution in [1.82, 2.24) is 4.90 Å². The Labute approximate surface area is 114 Å². The minimum Gasteiger partial charge on any atom is -0.320 e. The molecule has 0 amide bonds. The summed E-state index contributed by atoms with van der Waals surface area (Å²) < 4.78 is 37.5. The van der Waals surface area contributed by atoms with E-state index in [0.29, 0.717) is 6.54 Å². The summed E-state index contributed by atoms with van der Waals surface area (Å²) in [4.78, 5) is 3.27. The SMILES string of the molecule is NCC#Cc1ccc(CN(CC(F)(F)F)C2CC2)s1. The van der Waals surface area contributed by atoms with E-state index in [1.54, 1.807) is 0 Å². The van der Waals surface area contributed by atoms with Crippen LogP contribution in [0, 0.1) is 11.8 Å². The highest BCUT2D eigenvalue weighted by molar-refractivity contribution is 7.12. The summed E-state index contributed by atoms with van der Waals surface area (Å²) in [7, 11) is 0. The molecule has 6 heteroatoms. The Morgan fingerprint density at radius 3 is 2.68 bits per heavy atom. The van der Waals surface area contributed by atoms with Crippen molar-refractivity contribution >= 4 is 11.3 Å². The van der Waals surface area contributed by atoms with Crippen molar-refractivity contribution in [2.45, 2.75) is 31.6 Å². The molecular formula is C13H15F3N2S. The number of nitrogens with two attached hydrogens (primary N) is 1. The smallest absolute Gasteiger partial charge is 0.320 e. The average Bonchev–Trinajstić information content (AvgIpc) is 3.07. The van der Waals surface area contributed by atoms with Crippen molar-refractivity contribution in [3.8, 4) is 11.8 Å². The van der Waals surface area contributed by atoms with E-state index >= 15 is 0 Å². The fraction of sp³-hybridized carbons (Fsp3) is 0.538. The van der Waals surface area contributed by atoms with E-state index in [2.05, 4.69) is 11.8 Å². The highest BCUT2D eigenvalue weighted by Crippen LogP contribution is 2.32. The van der Waals surface area contributed by atoms with Gasteiger partial charge in [0.25, 0.3) is 0 Å². The van der Waals surface area contributed by atoms with Crippen LogP contribution in [0.1, 0.15) is 22.6 Å². The quantitative estimate of drug-likeness (QED) is 0.863. The molecule has 1 saturated carbocycles. The first-order valence-corrected chi connectivity index (χ1v) is 6.88. The maximum atomic E-state index is 12.5. The van der Waals surface area contributed by atoms with E-state index < -0.39 is 12.7 Å². The van der Waals surface area contributed by atoms with Crippen LogP contribution < -0.4 is 5.73 Å². The molecule has 1 aliphatic carbocycles. The predicted octanol–water partition coefficient (Wildman–Crippen LogP) is 2.59. The third kappa shape index (κ3) is 4.86. The van der Waals surface area contributed by atoms with Crippen LogP contribution in [0.25, 0.3) is 0 Å². The Morgan fingerprint density at radius 2 is 2.11 bits per heavy atom. The summed E-state index contributed by atoms with van der Waals surface area (Å²) in [6, 6.07) is 3.76. The van der Waals surface area contributed by atoms with Crippen LogP contribution in [0.15, 0.2) is 12.1 Å². The lowest BCUT2D eigenvalue weighted by atomic mass is 10.3. The van der Waals surface area contributed by atoms with Crippen LogP contribution in [0.5, 0.6) is 0 Å². The lowest BCUT2D eigenvalue weighted by Crippen LogP contribution is -2.35. The molecule has 1 aromatic heterocycles. The second-order valence-electron chi connectivity index (χ2n) is 4.52. The molecule has 0 bridgehead atoms. The maximum absolute atomic E-state index is 12.5. The normalized spacial score (nSPS) is 15.4. The Morgan fingerprint density at radius 1 is 1.37 bits per heavy atom. The molecule has 0 atom stereocenters. The molecule has 0 aromatic carbocycles. The average molecular weight is 288 g/mol. The van der Waals surface area contributed by atoms with Crippen molar-refractivity contribution in [3.63, 3.8) is 0 Å². The monoisotopic (exact) mass is 288 g/mol. The van der Waals surface area contributed by atoms with E-state index in [1.165, 1.54) is 16.2 Å². The molecule has 1 aliphatic rings. The van der Waals surface area contributed by atoms with Gasteiger partial charge in [0.1, 0.15) is 0 Å². The minimum absolute atomic E-state index is 0.0855. The van der Waals surface area contributed by atoms with Crippen LogP contribution >= 0.6 is 11.3 Å². The summed E-state index contributed by atoms with van der Waals surface area (Å²) in [5, 5.41) is 0. The zero-order valence-corrected chi connectivity index (χ0v) is 11.2. The fourth-order valence-corrected chi connectivity index (χ4v) is 2.76. The number of alkyl halides is 3. The molecule has 1 heterocycles. The van der Waals surface area contributed by atoms with Gasteiger partial charge in [-0.05, 0) is 25.0 Å². The molecule has 104 valence electrons. The highest BCUT2D eigenvalue weighted by atomic mass is 32.1. The summed E-state index contributed by atoms with van der Waals surface area (Å²) >= 11 is 1.43. The van der Waals surface area contributed by atoms with Gasteiger partial charge in [-0.25, -0.2) is 0 Å². The van der Waals surface area contributed by atoms with Crippen molar-refractivity contribution < 1.29 is 13.2 Å². The van der Waals surface area contributed by atoms with E-state index in [1.807, 2.05) is 12.1 Å². The van der Waals surface area contributed by atoms with Gasteiger partial charge < -0.3 is 5.73 Å². The second kappa shape index (κ2) is 5.95. The van der Waals surface area contributed by atoms with Gasteiger partial charge in [-0.3, -0.25) is 4.90 Å². The molecule has 1 aromatic rings. The van der Waals surface area contributed by atoms with Gasteiger partial charge in [0, 0.05) is 17.5 Å². The number of hydrogen-bond acceptors (Lipinski definition) is 3. The molecule has 1 fully saturated rings. The molecule has 0 spiro atoms. The van der Waals surface area contributed by atoms with E-state index in [0.717, 1.165) is 22.6 Å². The van der Waals surface area contributed by atoms with Gasteiger partial charge in [-0.1, -0.05) is 11.8 Å². The Hall–Kier alpha value is -1.03. The molecular weight excluding hydrogens is 273 g/mol. The molecule has 0 unspecified atom stereocenters. The first-order valence-electron chi connectivity index (χ1n) is 6.06. The van der Waals surface area contributed by atoms with Crippen molar-refractivity contribution in [2.75, 3.05) is 13.1 Å². The molecule has 2 nitrogen and oxygen atoms in total. The minimum atomic E-state index is -4.14. The first-order chi connectivity index (χ1) is 8.98. The van der Waals surface area contributed by atoms with E-state index in [9.17, 15) is 13.2 Å². The summed E-state index contributed by atoms with van der Waals surface area (Å²) in [6.07, 6.45) is -2.41.